The summed E-state index contributed by atoms with van der Waals surface area (Å²) in [6.45, 7) is 2.12. The lowest BCUT2D eigenvalue weighted by atomic mass is 10.3. The van der Waals surface area contributed by atoms with E-state index in [0.29, 0.717) is 5.75 Å². The van der Waals surface area contributed by atoms with Crippen LogP contribution in [-0.2, 0) is 21.4 Å². The maximum Gasteiger partial charge on any atom is 0.244 e. The molecule has 3 rings (SSSR count). The number of benzene rings is 1. The summed E-state index contributed by atoms with van der Waals surface area (Å²) < 4.78 is 40.0. The van der Waals surface area contributed by atoms with Crippen molar-refractivity contribution in [3.05, 3.63) is 46.2 Å². The number of carbonyl (C=O) groups excluding carboxylic acids is 1. The van der Waals surface area contributed by atoms with Gasteiger partial charge in [-0.05, 0) is 25.1 Å². The van der Waals surface area contributed by atoms with Crippen LogP contribution in [0.4, 0.5) is 4.39 Å². The molecule has 10 heteroatoms. The predicted molar refractivity (Wildman–Crippen MR) is 95.2 cm³/mol. The lowest BCUT2D eigenvalue weighted by Gasteiger charge is -2.22. The van der Waals surface area contributed by atoms with E-state index in [1.807, 2.05) is 12.3 Å². The minimum absolute atomic E-state index is 0.150. The second-order valence-electron chi connectivity index (χ2n) is 5.44. The van der Waals surface area contributed by atoms with Crippen LogP contribution in [0.15, 0.2) is 34.5 Å². The third kappa shape index (κ3) is 4.02. The Morgan fingerprint density at radius 1 is 1.48 bits per heavy atom. The number of aryl methyl sites for hydroxylation is 1. The molecule has 0 radical (unpaired) electrons. The number of thiazole rings is 1. The minimum atomic E-state index is -3.94. The molecule has 0 bridgehead atoms. The number of nitrogens with zero attached hydrogens (tertiary/aromatic N) is 2. The molecule has 0 unspecified atom stereocenters. The van der Waals surface area contributed by atoms with Crippen molar-refractivity contribution in [3.63, 3.8) is 0 Å². The SMILES string of the molecule is Cc1nc(CNC(=O)[C@H]2CSCN2S(=O)(=O)c2cccc(F)c2)cs1. The first-order valence-corrected chi connectivity index (χ1v) is 10.9. The first-order chi connectivity index (χ1) is 11.9. The lowest BCUT2D eigenvalue weighted by molar-refractivity contribution is -0.124. The van der Waals surface area contributed by atoms with E-state index in [-0.39, 0.29) is 23.2 Å². The maximum absolute atomic E-state index is 13.4. The molecule has 6 nitrogen and oxygen atoms in total. The Morgan fingerprint density at radius 3 is 2.96 bits per heavy atom. The molecule has 1 fully saturated rings. The van der Waals surface area contributed by atoms with E-state index < -0.39 is 21.9 Å². The zero-order valence-electron chi connectivity index (χ0n) is 13.3. The number of hydrogen-bond acceptors (Lipinski definition) is 6. The van der Waals surface area contributed by atoms with Gasteiger partial charge in [0.25, 0.3) is 0 Å². The van der Waals surface area contributed by atoms with Crippen molar-refractivity contribution in [2.45, 2.75) is 24.4 Å². The number of thioether (sulfide) groups is 1. The highest BCUT2D eigenvalue weighted by Gasteiger charge is 2.40. The monoisotopic (exact) mass is 401 g/mol. The Labute approximate surface area is 153 Å². The van der Waals surface area contributed by atoms with Crippen molar-refractivity contribution in [2.24, 2.45) is 0 Å². The zero-order chi connectivity index (χ0) is 18.0. The van der Waals surface area contributed by atoms with Gasteiger partial charge in [-0.1, -0.05) is 6.07 Å². The van der Waals surface area contributed by atoms with Crippen LogP contribution in [-0.4, -0.2) is 41.3 Å². The molecule has 2 aromatic rings. The Bertz CT molecular complexity index is 885. The van der Waals surface area contributed by atoms with Crippen molar-refractivity contribution in [3.8, 4) is 0 Å². The highest BCUT2D eigenvalue weighted by atomic mass is 32.2. The quantitative estimate of drug-likeness (QED) is 0.829. The second-order valence-corrected chi connectivity index (χ2v) is 9.39. The van der Waals surface area contributed by atoms with Gasteiger partial charge in [-0.3, -0.25) is 4.79 Å². The van der Waals surface area contributed by atoms with Crippen molar-refractivity contribution in [1.82, 2.24) is 14.6 Å². The number of aromatic nitrogens is 1. The molecule has 25 heavy (non-hydrogen) atoms. The summed E-state index contributed by atoms with van der Waals surface area (Å²) in [4.78, 5) is 16.6. The van der Waals surface area contributed by atoms with E-state index in [0.717, 1.165) is 21.1 Å². The molecule has 0 spiro atoms. The minimum Gasteiger partial charge on any atom is -0.349 e. The summed E-state index contributed by atoms with van der Waals surface area (Å²) in [7, 11) is -3.94. The molecule has 134 valence electrons. The number of carbonyl (C=O) groups is 1. The summed E-state index contributed by atoms with van der Waals surface area (Å²) in [5.74, 6) is -0.494. The molecular formula is C15H16FN3O3S3. The molecule has 1 N–H and O–H groups in total. The summed E-state index contributed by atoms with van der Waals surface area (Å²) in [6, 6.07) is 3.99. The fraction of sp³-hybridized carbons (Fsp3) is 0.333. The van der Waals surface area contributed by atoms with Gasteiger partial charge in [0, 0.05) is 11.1 Å². The summed E-state index contributed by atoms with van der Waals surface area (Å²) in [5.41, 5.74) is 0.737. The number of rotatable bonds is 5. The second kappa shape index (κ2) is 7.40. The highest BCUT2D eigenvalue weighted by Crippen LogP contribution is 2.28. The third-order valence-electron chi connectivity index (χ3n) is 3.66. The Kier molecular flexibility index (Phi) is 5.42. The van der Waals surface area contributed by atoms with E-state index in [1.165, 1.54) is 41.3 Å². The van der Waals surface area contributed by atoms with Crippen LogP contribution in [0.2, 0.25) is 0 Å². The molecule has 0 aliphatic carbocycles. The maximum atomic E-state index is 13.4. The van der Waals surface area contributed by atoms with Crippen LogP contribution in [0.3, 0.4) is 0 Å². The number of nitrogens with one attached hydrogen (secondary N) is 1. The van der Waals surface area contributed by atoms with E-state index in [4.69, 9.17) is 0 Å². The number of sulfonamides is 1. The summed E-state index contributed by atoms with van der Waals surface area (Å²) in [5, 5.41) is 5.48. The lowest BCUT2D eigenvalue weighted by Crippen LogP contribution is -2.47. The third-order valence-corrected chi connectivity index (χ3v) is 7.51. The van der Waals surface area contributed by atoms with E-state index >= 15 is 0 Å². The molecular weight excluding hydrogens is 385 g/mol. The van der Waals surface area contributed by atoms with E-state index in [2.05, 4.69) is 10.3 Å². The Morgan fingerprint density at radius 2 is 2.28 bits per heavy atom. The van der Waals surface area contributed by atoms with Crippen molar-refractivity contribution >= 4 is 39.0 Å². The van der Waals surface area contributed by atoms with Crippen molar-refractivity contribution in [2.75, 3.05) is 11.6 Å². The molecule has 1 aromatic heterocycles. The van der Waals surface area contributed by atoms with Gasteiger partial charge < -0.3 is 5.32 Å². The molecule has 1 saturated heterocycles. The molecule has 1 aliphatic rings. The largest absolute Gasteiger partial charge is 0.349 e. The molecule has 1 aromatic carbocycles. The van der Waals surface area contributed by atoms with Crippen LogP contribution in [0.5, 0.6) is 0 Å². The Hall–Kier alpha value is -1.49. The van der Waals surface area contributed by atoms with Crippen LogP contribution >= 0.6 is 23.1 Å². The molecule has 1 atom stereocenters. The van der Waals surface area contributed by atoms with E-state index in [9.17, 15) is 17.6 Å². The van der Waals surface area contributed by atoms with Crippen molar-refractivity contribution in [1.29, 1.82) is 0 Å². The topological polar surface area (TPSA) is 79.4 Å². The van der Waals surface area contributed by atoms with Gasteiger partial charge >= 0.3 is 0 Å². The normalized spacial score (nSPS) is 18.4. The van der Waals surface area contributed by atoms with E-state index in [1.54, 1.807) is 0 Å². The first-order valence-electron chi connectivity index (χ1n) is 7.42. The van der Waals surface area contributed by atoms with Gasteiger partial charge in [-0.15, -0.1) is 23.1 Å². The average molecular weight is 402 g/mol. The zero-order valence-corrected chi connectivity index (χ0v) is 15.8. The molecule has 1 aliphatic heterocycles. The summed E-state index contributed by atoms with van der Waals surface area (Å²) >= 11 is 2.83. The van der Waals surface area contributed by atoms with Gasteiger partial charge in [0.05, 0.1) is 28.0 Å². The summed E-state index contributed by atoms with van der Waals surface area (Å²) in [6.07, 6.45) is 0. The van der Waals surface area contributed by atoms with Gasteiger partial charge in [-0.2, -0.15) is 4.31 Å². The molecule has 0 saturated carbocycles. The number of amides is 1. The van der Waals surface area contributed by atoms with Crippen LogP contribution in [0.1, 0.15) is 10.7 Å². The van der Waals surface area contributed by atoms with Gasteiger partial charge in [0.15, 0.2) is 0 Å². The van der Waals surface area contributed by atoms with Gasteiger partial charge in [0.1, 0.15) is 11.9 Å². The smallest absolute Gasteiger partial charge is 0.244 e. The number of hydrogen-bond donors (Lipinski definition) is 1. The molecule has 1 amide bonds. The van der Waals surface area contributed by atoms with Crippen LogP contribution in [0, 0.1) is 12.7 Å². The van der Waals surface area contributed by atoms with Gasteiger partial charge in [0.2, 0.25) is 15.9 Å². The van der Waals surface area contributed by atoms with Crippen molar-refractivity contribution < 1.29 is 17.6 Å². The van der Waals surface area contributed by atoms with Gasteiger partial charge in [-0.25, -0.2) is 17.8 Å². The highest BCUT2D eigenvalue weighted by molar-refractivity contribution is 8.00. The Balaban J connectivity index is 1.74. The fourth-order valence-corrected chi connectivity index (χ4v) is 6.21. The fourth-order valence-electron chi connectivity index (χ4n) is 2.42. The first kappa shape index (κ1) is 18.3. The van der Waals surface area contributed by atoms with Crippen LogP contribution < -0.4 is 5.32 Å². The predicted octanol–water partition coefficient (Wildman–Crippen LogP) is 1.97. The van der Waals surface area contributed by atoms with Crippen LogP contribution in [0.25, 0.3) is 0 Å². The standard InChI is InChI=1S/C15H16FN3O3S3/c1-10-18-12(7-24-10)6-17-15(20)14-8-23-9-19(14)25(21,22)13-4-2-3-11(16)5-13/h2-5,7,14H,6,8-9H2,1H3,(H,17,20)/t14-/m1/s1. The average Bonchev–Trinajstić information content (AvgIpc) is 3.22. The number of halogens is 1. The molecule has 2 heterocycles.